The molecule has 140 valence electrons. The molecule has 3 aromatic rings. The summed E-state index contributed by atoms with van der Waals surface area (Å²) >= 11 is 0. The van der Waals surface area contributed by atoms with Gasteiger partial charge in [-0.25, -0.2) is 8.42 Å². The average molecular weight is 391 g/mol. The lowest BCUT2D eigenvalue weighted by Crippen LogP contribution is -2.37. The molecular weight excluding hydrogens is 374 g/mol. The van der Waals surface area contributed by atoms with Crippen molar-refractivity contribution in [1.29, 1.82) is 0 Å². The molecule has 6 nitrogen and oxygen atoms in total. The number of benzene rings is 3. The van der Waals surface area contributed by atoms with Gasteiger partial charge < -0.3 is 5.32 Å². The summed E-state index contributed by atoms with van der Waals surface area (Å²) in [4.78, 5) is 13.0. The van der Waals surface area contributed by atoms with Crippen molar-refractivity contribution in [2.24, 2.45) is 5.10 Å². The number of hydrogen-bond acceptors (Lipinski definition) is 5. The Kier molecular flexibility index (Phi) is 4.67. The Morgan fingerprint density at radius 3 is 2.04 bits per heavy atom. The molecule has 3 aromatic carbocycles. The topological polar surface area (TPSA) is 87.6 Å². The normalized spacial score (nSPS) is 18.4. The van der Waals surface area contributed by atoms with Crippen LogP contribution in [-0.2, 0) is 14.6 Å². The van der Waals surface area contributed by atoms with Crippen molar-refractivity contribution >= 4 is 32.8 Å². The minimum atomic E-state index is -3.90. The zero-order chi connectivity index (χ0) is 19.6. The van der Waals surface area contributed by atoms with E-state index in [4.69, 9.17) is 0 Å². The highest BCUT2D eigenvalue weighted by Gasteiger charge is 2.47. The molecule has 0 aromatic heterocycles. The Hall–Kier alpha value is -3.45. The van der Waals surface area contributed by atoms with Crippen molar-refractivity contribution in [3.8, 4) is 0 Å². The van der Waals surface area contributed by atoms with Crippen molar-refractivity contribution in [3.63, 3.8) is 0 Å². The van der Waals surface area contributed by atoms with Crippen LogP contribution in [0.1, 0.15) is 5.56 Å². The summed E-state index contributed by atoms with van der Waals surface area (Å²) in [6.07, 6.45) is 0. The molecule has 1 heterocycles. The molecule has 0 fully saturated rings. The zero-order valence-electron chi connectivity index (χ0n) is 14.7. The first-order chi connectivity index (χ1) is 13.6. The first-order valence-electron chi connectivity index (χ1n) is 8.65. The molecule has 0 spiro atoms. The van der Waals surface area contributed by atoms with Gasteiger partial charge in [-0.15, -0.1) is 0 Å². The summed E-state index contributed by atoms with van der Waals surface area (Å²) in [7, 11) is -3.90. The van der Waals surface area contributed by atoms with E-state index in [-0.39, 0.29) is 10.6 Å². The van der Waals surface area contributed by atoms with Gasteiger partial charge in [0.1, 0.15) is 0 Å². The fourth-order valence-corrected chi connectivity index (χ4v) is 4.91. The van der Waals surface area contributed by atoms with E-state index in [1.807, 2.05) is 24.3 Å². The SMILES string of the molecule is O=C(Nc1ccccc1)C1/C(=N\Nc2ccccc2)c2ccccc2S1(=O)=O. The zero-order valence-corrected chi connectivity index (χ0v) is 15.6. The van der Waals surface area contributed by atoms with Gasteiger partial charge in [-0.3, -0.25) is 10.2 Å². The Balaban J connectivity index is 1.74. The van der Waals surface area contributed by atoms with Crippen LogP contribution < -0.4 is 10.7 Å². The van der Waals surface area contributed by atoms with Gasteiger partial charge in [0.15, 0.2) is 15.1 Å². The lowest BCUT2D eigenvalue weighted by Gasteiger charge is -2.12. The standard InChI is InChI=1S/C21H17N3O3S/c25-21(22-15-9-3-1-4-10-15)20-19(24-23-16-11-5-2-6-12-16)17-13-7-8-14-18(17)28(20,26)27/h1-14,20,23H,(H,22,25)/b24-19-. The number of rotatable bonds is 4. The lowest BCUT2D eigenvalue weighted by atomic mass is 10.1. The van der Waals surface area contributed by atoms with Crippen molar-refractivity contribution in [2.45, 2.75) is 10.1 Å². The van der Waals surface area contributed by atoms with Crippen LogP contribution in [0.2, 0.25) is 0 Å². The van der Waals surface area contributed by atoms with Crippen LogP contribution in [0, 0.1) is 0 Å². The van der Waals surface area contributed by atoms with Crippen LogP contribution in [0.25, 0.3) is 0 Å². The molecule has 1 aliphatic heterocycles. The maximum Gasteiger partial charge on any atom is 0.249 e. The van der Waals surface area contributed by atoms with Gasteiger partial charge in [0.25, 0.3) is 0 Å². The van der Waals surface area contributed by atoms with E-state index in [9.17, 15) is 13.2 Å². The molecule has 1 unspecified atom stereocenters. The molecule has 2 N–H and O–H groups in total. The molecular formula is C21H17N3O3S. The van der Waals surface area contributed by atoms with Crippen LogP contribution in [0.4, 0.5) is 11.4 Å². The predicted molar refractivity (Wildman–Crippen MR) is 109 cm³/mol. The van der Waals surface area contributed by atoms with Gasteiger partial charge in [0, 0.05) is 11.3 Å². The van der Waals surface area contributed by atoms with Gasteiger partial charge in [-0.1, -0.05) is 54.6 Å². The molecule has 0 bridgehead atoms. The molecule has 0 saturated carbocycles. The van der Waals surface area contributed by atoms with E-state index in [1.54, 1.807) is 54.6 Å². The Morgan fingerprint density at radius 1 is 0.786 bits per heavy atom. The van der Waals surface area contributed by atoms with Gasteiger partial charge in [-0.2, -0.15) is 5.10 Å². The second kappa shape index (κ2) is 7.28. The predicted octanol–water partition coefficient (Wildman–Crippen LogP) is 3.30. The third kappa shape index (κ3) is 3.27. The van der Waals surface area contributed by atoms with E-state index in [1.165, 1.54) is 6.07 Å². The van der Waals surface area contributed by atoms with Gasteiger partial charge in [0.2, 0.25) is 5.91 Å². The molecule has 1 amide bonds. The molecule has 0 radical (unpaired) electrons. The van der Waals surface area contributed by atoms with Gasteiger partial charge >= 0.3 is 0 Å². The Morgan fingerprint density at radius 2 is 1.36 bits per heavy atom. The van der Waals surface area contributed by atoms with E-state index in [0.29, 0.717) is 16.9 Å². The molecule has 28 heavy (non-hydrogen) atoms. The summed E-state index contributed by atoms with van der Waals surface area (Å²) in [5, 5.41) is 5.55. The number of hydrazone groups is 1. The summed E-state index contributed by atoms with van der Waals surface area (Å²) in [6.45, 7) is 0. The van der Waals surface area contributed by atoms with Crippen LogP contribution in [0.15, 0.2) is 94.9 Å². The maximum atomic E-state index is 13.1. The van der Waals surface area contributed by atoms with E-state index < -0.39 is 21.0 Å². The van der Waals surface area contributed by atoms with Crippen LogP contribution in [0.3, 0.4) is 0 Å². The summed E-state index contributed by atoms with van der Waals surface area (Å²) in [5.41, 5.74) is 4.68. The molecule has 4 rings (SSSR count). The Bertz CT molecular complexity index is 1140. The number of nitrogens with zero attached hydrogens (tertiary/aromatic N) is 1. The van der Waals surface area contributed by atoms with Crippen LogP contribution in [-0.4, -0.2) is 25.3 Å². The highest BCUT2D eigenvalue weighted by atomic mass is 32.2. The fraction of sp³-hybridized carbons (Fsp3) is 0.0476. The average Bonchev–Trinajstić information content (AvgIpc) is 2.95. The largest absolute Gasteiger partial charge is 0.325 e. The van der Waals surface area contributed by atoms with E-state index in [0.717, 1.165) is 0 Å². The molecule has 0 aliphatic carbocycles. The van der Waals surface area contributed by atoms with Crippen molar-refractivity contribution < 1.29 is 13.2 Å². The van der Waals surface area contributed by atoms with Crippen LogP contribution >= 0.6 is 0 Å². The highest BCUT2D eigenvalue weighted by molar-refractivity contribution is 7.94. The quantitative estimate of drug-likeness (QED) is 0.668. The van der Waals surface area contributed by atoms with E-state index in [2.05, 4.69) is 15.8 Å². The smallest absolute Gasteiger partial charge is 0.249 e. The second-order valence-corrected chi connectivity index (χ2v) is 8.25. The number of anilines is 2. The minimum Gasteiger partial charge on any atom is -0.325 e. The lowest BCUT2D eigenvalue weighted by molar-refractivity contribution is -0.114. The highest BCUT2D eigenvalue weighted by Crippen LogP contribution is 2.32. The number of amides is 1. The summed E-state index contributed by atoms with van der Waals surface area (Å²) in [6, 6.07) is 24.4. The second-order valence-electron chi connectivity index (χ2n) is 6.25. The molecule has 1 aliphatic rings. The maximum absolute atomic E-state index is 13.1. The molecule has 7 heteroatoms. The number of para-hydroxylation sites is 2. The van der Waals surface area contributed by atoms with Crippen molar-refractivity contribution in [1.82, 2.24) is 0 Å². The molecule has 1 atom stereocenters. The van der Waals surface area contributed by atoms with E-state index >= 15 is 0 Å². The number of fused-ring (bicyclic) bond motifs is 1. The minimum absolute atomic E-state index is 0.108. The fourth-order valence-electron chi connectivity index (χ4n) is 3.09. The summed E-state index contributed by atoms with van der Waals surface area (Å²) < 4.78 is 26.1. The number of sulfone groups is 1. The first-order valence-corrected chi connectivity index (χ1v) is 10.2. The number of carbonyl (C=O) groups is 1. The van der Waals surface area contributed by atoms with Gasteiger partial charge in [0.05, 0.1) is 16.3 Å². The third-order valence-electron chi connectivity index (χ3n) is 4.39. The third-order valence-corrected chi connectivity index (χ3v) is 6.41. The number of nitrogens with one attached hydrogen (secondary N) is 2. The van der Waals surface area contributed by atoms with Crippen LogP contribution in [0.5, 0.6) is 0 Å². The number of carbonyl (C=O) groups excluding carboxylic acids is 1. The van der Waals surface area contributed by atoms with Gasteiger partial charge in [-0.05, 0) is 30.3 Å². The summed E-state index contributed by atoms with van der Waals surface area (Å²) in [5.74, 6) is -0.643. The van der Waals surface area contributed by atoms with Crippen molar-refractivity contribution in [3.05, 3.63) is 90.5 Å². The monoisotopic (exact) mass is 391 g/mol. The first kappa shape index (κ1) is 17.9. The Labute approximate surface area is 162 Å². The number of hydrogen-bond donors (Lipinski definition) is 2. The molecule has 0 saturated heterocycles. The van der Waals surface area contributed by atoms with Crippen molar-refractivity contribution in [2.75, 3.05) is 10.7 Å².